The zero-order valence-electron chi connectivity index (χ0n) is 6.83. The van der Waals surface area contributed by atoms with Crippen molar-refractivity contribution in [1.82, 2.24) is 10.3 Å². The summed E-state index contributed by atoms with van der Waals surface area (Å²) in [5.41, 5.74) is 0. The van der Waals surface area contributed by atoms with Crippen LogP contribution in [0.1, 0.15) is 0 Å². The van der Waals surface area contributed by atoms with Gasteiger partial charge in [0.05, 0.1) is 0 Å². The molecule has 0 aromatic carbocycles. The van der Waals surface area contributed by atoms with Gasteiger partial charge in [-0.3, -0.25) is 0 Å². The molecule has 1 aromatic heterocycles. The van der Waals surface area contributed by atoms with Crippen LogP contribution < -0.4 is 5.32 Å². The molecule has 13 heavy (non-hydrogen) atoms. The Labute approximate surface area is 85.5 Å². The van der Waals surface area contributed by atoms with Gasteiger partial charge in [-0.1, -0.05) is 24.8 Å². The highest BCUT2D eigenvalue weighted by atomic mass is 35.5. The maximum atomic E-state index is 5.54. The number of nitrogens with zero attached hydrogens (tertiary/aromatic N) is 2. The maximum absolute atomic E-state index is 5.54. The van der Waals surface area contributed by atoms with Gasteiger partial charge < -0.3 is 5.32 Å². The summed E-state index contributed by atoms with van der Waals surface area (Å²) in [6.07, 6.45) is 3.23. The second kappa shape index (κ2) is 4.79. The Balaban J connectivity index is 2.77. The lowest BCUT2D eigenvalue weighted by molar-refractivity contribution is 1.23. The summed E-state index contributed by atoms with van der Waals surface area (Å²) >= 11 is 6.97. The summed E-state index contributed by atoms with van der Waals surface area (Å²) in [5, 5.41) is 5.53. The Bertz CT molecular complexity index is 329. The number of halogens is 1. The van der Waals surface area contributed by atoms with Crippen LogP contribution in [-0.2, 0) is 0 Å². The van der Waals surface area contributed by atoms with Gasteiger partial charge in [0.2, 0.25) is 5.13 Å². The van der Waals surface area contributed by atoms with Crippen molar-refractivity contribution in [3.63, 3.8) is 0 Å². The van der Waals surface area contributed by atoms with Crippen LogP contribution in [0.4, 0.5) is 5.13 Å². The highest BCUT2D eigenvalue weighted by Crippen LogP contribution is 2.14. The SMILES string of the molecule is C=C/C(=N/c1nccs1)NC(=C)Cl. The van der Waals surface area contributed by atoms with Gasteiger partial charge in [0.25, 0.3) is 0 Å². The third kappa shape index (κ3) is 3.40. The van der Waals surface area contributed by atoms with Gasteiger partial charge in [0, 0.05) is 11.6 Å². The second-order valence-corrected chi connectivity index (χ2v) is 3.38. The molecule has 0 aliphatic rings. The number of hydrogen-bond acceptors (Lipinski definition) is 3. The van der Waals surface area contributed by atoms with E-state index in [1.807, 2.05) is 5.38 Å². The van der Waals surface area contributed by atoms with E-state index >= 15 is 0 Å². The molecule has 0 spiro atoms. The molecule has 0 radical (unpaired) electrons. The Morgan fingerprint density at radius 1 is 1.77 bits per heavy atom. The molecule has 1 N–H and O–H groups in total. The molecule has 1 rings (SSSR count). The van der Waals surface area contributed by atoms with Crippen molar-refractivity contribution in [2.45, 2.75) is 0 Å². The van der Waals surface area contributed by atoms with Gasteiger partial charge in [-0.05, 0) is 6.08 Å². The summed E-state index contributed by atoms with van der Waals surface area (Å²) < 4.78 is 0. The van der Waals surface area contributed by atoms with E-state index in [1.54, 1.807) is 12.3 Å². The van der Waals surface area contributed by atoms with Gasteiger partial charge in [0.1, 0.15) is 11.0 Å². The largest absolute Gasteiger partial charge is 0.331 e. The summed E-state index contributed by atoms with van der Waals surface area (Å²) in [6, 6.07) is 0. The number of rotatable bonds is 3. The number of aromatic nitrogens is 1. The highest BCUT2D eigenvalue weighted by molar-refractivity contribution is 7.13. The van der Waals surface area contributed by atoms with E-state index < -0.39 is 0 Å². The molecule has 1 heterocycles. The molecule has 0 atom stereocenters. The fourth-order valence-electron chi connectivity index (χ4n) is 0.638. The minimum Gasteiger partial charge on any atom is -0.331 e. The molecular weight excluding hydrogens is 206 g/mol. The fraction of sp³-hybridized carbons (Fsp3) is 0. The molecule has 0 saturated heterocycles. The van der Waals surface area contributed by atoms with Gasteiger partial charge in [-0.2, -0.15) is 0 Å². The smallest absolute Gasteiger partial charge is 0.210 e. The molecule has 0 amide bonds. The first kappa shape index (κ1) is 9.95. The van der Waals surface area contributed by atoms with Gasteiger partial charge in [-0.15, -0.1) is 11.3 Å². The first-order valence-electron chi connectivity index (χ1n) is 3.44. The molecule has 1 aromatic rings. The molecule has 0 bridgehead atoms. The van der Waals surface area contributed by atoms with Crippen molar-refractivity contribution >= 4 is 33.9 Å². The molecule has 0 fully saturated rings. The number of amidine groups is 1. The van der Waals surface area contributed by atoms with E-state index in [9.17, 15) is 0 Å². The van der Waals surface area contributed by atoms with E-state index in [1.165, 1.54) is 11.3 Å². The van der Waals surface area contributed by atoms with Crippen molar-refractivity contribution in [1.29, 1.82) is 0 Å². The van der Waals surface area contributed by atoms with E-state index in [0.717, 1.165) is 0 Å². The average molecular weight is 214 g/mol. The molecule has 0 saturated carbocycles. The van der Waals surface area contributed by atoms with Gasteiger partial charge >= 0.3 is 0 Å². The lowest BCUT2D eigenvalue weighted by Crippen LogP contribution is -2.16. The van der Waals surface area contributed by atoms with Crippen LogP contribution in [-0.4, -0.2) is 10.8 Å². The van der Waals surface area contributed by atoms with Crippen molar-refractivity contribution in [2.24, 2.45) is 4.99 Å². The van der Waals surface area contributed by atoms with Crippen LogP contribution in [0.25, 0.3) is 0 Å². The van der Waals surface area contributed by atoms with E-state index in [4.69, 9.17) is 11.6 Å². The van der Waals surface area contributed by atoms with Crippen LogP contribution in [0.2, 0.25) is 0 Å². The Hall–Kier alpha value is -1.13. The first-order chi connectivity index (χ1) is 6.22. The van der Waals surface area contributed by atoms with Crippen molar-refractivity contribution < 1.29 is 0 Å². The molecule has 5 heteroatoms. The van der Waals surface area contributed by atoms with Crippen molar-refractivity contribution in [3.05, 3.63) is 36.0 Å². The molecule has 3 nitrogen and oxygen atoms in total. The number of hydrogen-bond donors (Lipinski definition) is 1. The summed E-state index contributed by atoms with van der Waals surface area (Å²) in [5.74, 6) is 0.537. The quantitative estimate of drug-likeness (QED) is 0.476. The zero-order valence-corrected chi connectivity index (χ0v) is 8.40. The predicted molar refractivity (Wildman–Crippen MR) is 57.5 cm³/mol. The minimum absolute atomic E-state index is 0.301. The standard InChI is InChI=1S/C8H8ClN3S/c1-3-7(11-6(2)9)12-8-10-4-5-13-8/h3-5H,1-2H2,(H,10,11,12). The Kier molecular flexibility index (Phi) is 3.67. The van der Waals surface area contributed by atoms with Crippen molar-refractivity contribution in [2.75, 3.05) is 0 Å². The lowest BCUT2D eigenvalue weighted by Gasteiger charge is -2.00. The van der Waals surface area contributed by atoms with Crippen LogP contribution in [0, 0.1) is 0 Å². The molecular formula is C8H8ClN3S. The number of nitrogens with one attached hydrogen (secondary N) is 1. The van der Waals surface area contributed by atoms with Gasteiger partial charge in [-0.25, -0.2) is 9.98 Å². The van der Waals surface area contributed by atoms with Crippen LogP contribution in [0.5, 0.6) is 0 Å². The maximum Gasteiger partial charge on any atom is 0.210 e. The minimum atomic E-state index is 0.301. The Morgan fingerprint density at radius 2 is 2.54 bits per heavy atom. The summed E-state index contributed by atoms with van der Waals surface area (Å²) in [6.45, 7) is 7.06. The third-order valence-corrected chi connectivity index (χ3v) is 1.85. The van der Waals surface area contributed by atoms with E-state index in [-0.39, 0.29) is 0 Å². The Morgan fingerprint density at radius 3 is 3.00 bits per heavy atom. The zero-order chi connectivity index (χ0) is 9.68. The monoisotopic (exact) mass is 213 g/mol. The average Bonchev–Trinajstić information content (AvgIpc) is 2.55. The fourth-order valence-corrected chi connectivity index (χ4v) is 1.25. The molecule has 0 aliphatic carbocycles. The highest BCUT2D eigenvalue weighted by Gasteiger charge is 1.96. The molecule has 0 aliphatic heterocycles. The lowest BCUT2D eigenvalue weighted by atomic mass is 10.5. The predicted octanol–water partition coefficient (Wildman–Crippen LogP) is 2.66. The molecule has 68 valence electrons. The third-order valence-electron chi connectivity index (χ3n) is 1.09. The van der Waals surface area contributed by atoms with Crippen LogP contribution in [0.15, 0.2) is 41.0 Å². The second-order valence-electron chi connectivity index (χ2n) is 2.05. The van der Waals surface area contributed by atoms with Crippen LogP contribution in [0.3, 0.4) is 0 Å². The van der Waals surface area contributed by atoms with E-state index in [2.05, 4.69) is 28.5 Å². The molecule has 0 unspecified atom stereocenters. The normalized spacial score (nSPS) is 11.0. The van der Waals surface area contributed by atoms with Crippen molar-refractivity contribution in [3.8, 4) is 0 Å². The summed E-state index contributed by atoms with van der Waals surface area (Å²) in [7, 11) is 0. The summed E-state index contributed by atoms with van der Waals surface area (Å²) in [4.78, 5) is 8.11. The number of thiazole rings is 1. The van der Waals surface area contributed by atoms with Crippen LogP contribution >= 0.6 is 22.9 Å². The van der Waals surface area contributed by atoms with Gasteiger partial charge in [0.15, 0.2) is 0 Å². The topological polar surface area (TPSA) is 37.3 Å². The van der Waals surface area contributed by atoms with E-state index in [0.29, 0.717) is 16.1 Å². The first-order valence-corrected chi connectivity index (χ1v) is 4.70. The number of aliphatic imine (C=N–C) groups is 1.